The summed E-state index contributed by atoms with van der Waals surface area (Å²) in [6.45, 7) is 10.1. The number of nitrogens with one attached hydrogen (secondary N) is 1. The Morgan fingerprint density at radius 2 is 1.88 bits per heavy atom. The van der Waals surface area contributed by atoms with Gasteiger partial charge < -0.3 is 14.8 Å². The van der Waals surface area contributed by atoms with Gasteiger partial charge in [0.1, 0.15) is 11.5 Å². The maximum Gasteiger partial charge on any atom is 0.234 e. The topological polar surface area (TPSA) is 78.3 Å². The van der Waals surface area contributed by atoms with Crippen molar-refractivity contribution in [2.24, 2.45) is 0 Å². The highest BCUT2D eigenvalue weighted by Gasteiger charge is 2.20. The second kappa shape index (κ2) is 11.2. The fourth-order valence-electron chi connectivity index (χ4n) is 3.24. The number of rotatable bonds is 10. The predicted molar refractivity (Wildman–Crippen MR) is 133 cm³/mol. The van der Waals surface area contributed by atoms with Crippen molar-refractivity contribution >= 4 is 35.0 Å². The monoisotopic (exact) mass is 486 g/mol. The Bertz CT molecular complexity index is 1110. The molecule has 0 bridgehead atoms. The average molecular weight is 487 g/mol. The number of carbonyl (C=O) groups is 1. The van der Waals surface area contributed by atoms with E-state index >= 15 is 0 Å². The summed E-state index contributed by atoms with van der Waals surface area (Å²) in [6.07, 6.45) is 1.40. The van der Waals surface area contributed by atoms with E-state index in [1.165, 1.54) is 11.8 Å². The van der Waals surface area contributed by atoms with E-state index in [0.29, 0.717) is 29.0 Å². The van der Waals surface area contributed by atoms with Crippen LogP contribution in [0.5, 0.6) is 11.5 Å². The van der Waals surface area contributed by atoms with Crippen LogP contribution in [0.1, 0.15) is 30.0 Å². The van der Waals surface area contributed by atoms with Crippen LogP contribution in [0, 0.1) is 13.8 Å². The van der Waals surface area contributed by atoms with Crippen LogP contribution in [0.25, 0.3) is 0 Å². The quantitative estimate of drug-likeness (QED) is 0.296. The normalized spacial score (nSPS) is 11.7. The number of carbonyl (C=O) groups excluding carboxylic acids is 1. The highest BCUT2D eigenvalue weighted by Crippen LogP contribution is 2.30. The Hall–Kier alpha value is -2.97. The van der Waals surface area contributed by atoms with Gasteiger partial charge >= 0.3 is 0 Å². The molecule has 1 amide bonds. The fraction of sp³-hybridized carbons (Fsp3) is 0.292. The van der Waals surface area contributed by atoms with Crippen molar-refractivity contribution in [1.29, 1.82) is 0 Å². The molecule has 3 rings (SSSR count). The van der Waals surface area contributed by atoms with Crippen molar-refractivity contribution in [3.05, 3.63) is 71.0 Å². The number of thioether (sulfide) groups is 1. The number of hydrogen-bond donors (Lipinski definition) is 1. The zero-order chi connectivity index (χ0) is 24.0. The summed E-state index contributed by atoms with van der Waals surface area (Å²) >= 11 is 7.57. The molecule has 9 heteroatoms. The van der Waals surface area contributed by atoms with Gasteiger partial charge in [-0.05, 0) is 68.3 Å². The summed E-state index contributed by atoms with van der Waals surface area (Å²) in [6, 6.07) is 11.0. The maximum absolute atomic E-state index is 12.4. The van der Waals surface area contributed by atoms with Crippen LogP contribution >= 0.6 is 23.4 Å². The smallest absolute Gasteiger partial charge is 0.234 e. The molecule has 0 aliphatic rings. The zero-order valence-electron chi connectivity index (χ0n) is 19.1. The third kappa shape index (κ3) is 6.30. The van der Waals surface area contributed by atoms with E-state index in [4.69, 9.17) is 21.1 Å². The average Bonchev–Trinajstić information content (AvgIpc) is 3.19. The minimum absolute atomic E-state index is 0.142. The van der Waals surface area contributed by atoms with Crippen molar-refractivity contribution in [3.8, 4) is 11.5 Å². The number of allylic oxidation sites excluding steroid dienone is 1. The van der Waals surface area contributed by atoms with Crippen LogP contribution < -0.4 is 14.8 Å². The summed E-state index contributed by atoms with van der Waals surface area (Å²) in [4.78, 5) is 12.4. The predicted octanol–water partition coefficient (Wildman–Crippen LogP) is 5.61. The molecule has 7 nitrogen and oxygen atoms in total. The van der Waals surface area contributed by atoms with E-state index in [-0.39, 0.29) is 17.8 Å². The van der Waals surface area contributed by atoms with E-state index in [2.05, 4.69) is 22.1 Å². The number of hydrogen-bond acceptors (Lipinski definition) is 6. The fourth-order valence-corrected chi connectivity index (χ4v) is 4.10. The first kappa shape index (κ1) is 24.7. The van der Waals surface area contributed by atoms with Gasteiger partial charge in [0, 0.05) is 17.3 Å². The lowest BCUT2D eigenvalue weighted by Gasteiger charge is -2.17. The molecule has 3 aromatic rings. The van der Waals surface area contributed by atoms with Crippen LogP contribution in [-0.4, -0.2) is 33.5 Å². The molecule has 174 valence electrons. The van der Waals surface area contributed by atoms with Crippen molar-refractivity contribution in [2.45, 2.75) is 38.6 Å². The van der Waals surface area contributed by atoms with Crippen LogP contribution in [0.3, 0.4) is 0 Å². The van der Waals surface area contributed by atoms with Crippen molar-refractivity contribution in [2.75, 3.05) is 18.2 Å². The first-order valence-corrected chi connectivity index (χ1v) is 11.7. The van der Waals surface area contributed by atoms with Crippen molar-refractivity contribution < 1.29 is 14.3 Å². The first-order chi connectivity index (χ1) is 15.8. The molecular formula is C24H27ClN4O3S. The largest absolute Gasteiger partial charge is 0.497 e. The second-order valence-electron chi connectivity index (χ2n) is 7.44. The molecule has 2 aromatic carbocycles. The molecule has 0 aliphatic heterocycles. The van der Waals surface area contributed by atoms with Gasteiger partial charge in [-0.15, -0.1) is 16.8 Å². The Morgan fingerprint density at radius 3 is 2.48 bits per heavy atom. The second-order valence-corrected chi connectivity index (χ2v) is 8.76. The molecule has 33 heavy (non-hydrogen) atoms. The molecule has 0 spiro atoms. The van der Waals surface area contributed by atoms with Crippen LogP contribution in [0.4, 0.5) is 5.69 Å². The summed E-state index contributed by atoms with van der Waals surface area (Å²) in [5.41, 5.74) is 2.60. The molecule has 1 atom stereocenters. The number of anilines is 1. The van der Waals surface area contributed by atoms with Gasteiger partial charge in [0.05, 0.1) is 12.9 Å². The molecule has 0 radical (unpaired) electrons. The van der Waals surface area contributed by atoms with Crippen molar-refractivity contribution in [1.82, 2.24) is 14.8 Å². The van der Waals surface area contributed by atoms with Crippen molar-refractivity contribution in [3.63, 3.8) is 0 Å². The van der Waals surface area contributed by atoms with Gasteiger partial charge in [0.15, 0.2) is 17.1 Å². The molecule has 1 aromatic heterocycles. The standard InChI is InChI=1S/C24H27ClN4O3S/c1-6-11-29-23(17(4)32-20-12-15(2)22(25)16(3)13-20)27-28-24(29)33-14-21(30)26-18-7-9-19(31-5)10-8-18/h6-10,12-13,17H,1,11,14H2,2-5H3,(H,26,30). The SMILES string of the molecule is C=CCn1c(SCC(=O)Nc2ccc(OC)cc2)nnc1C(C)Oc1cc(C)c(Cl)c(C)c1. The number of aryl methyl sites for hydroxylation is 2. The Morgan fingerprint density at radius 1 is 1.21 bits per heavy atom. The zero-order valence-corrected chi connectivity index (χ0v) is 20.7. The maximum atomic E-state index is 12.4. The number of amides is 1. The van der Waals surface area contributed by atoms with Gasteiger partial charge in [-0.2, -0.15) is 0 Å². The van der Waals surface area contributed by atoms with E-state index in [0.717, 1.165) is 21.9 Å². The number of methoxy groups -OCH3 is 1. The number of nitrogens with zero attached hydrogens (tertiary/aromatic N) is 3. The highest BCUT2D eigenvalue weighted by molar-refractivity contribution is 7.99. The lowest BCUT2D eigenvalue weighted by molar-refractivity contribution is -0.113. The van der Waals surface area contributed by atoms with Gasteiger partial charge in [-0.1, -0.05) is 29.4 Å². The number of halogens is 1. The number of aromatic nitrogens is 3. The summed E-state index contributed by atoms with van der Waals surface area (Å²) in [5.74, 6) is 2.14. The van der Waals surface area contributed by atoms with Crippen LogP contribution in [-0.2, 0) is 11.3 Å². The van der Waals surface area contributed by atoms with Gasteiger partial charge in [0.25, 0.3) is 0 Å². The first-order valence-electron chi connectivity index (χ1n) is 10.4. The number of benzene rings is 2. The minimum atomic E-state index is -0.361. The van der Waals surface area contributed by atoms with Gasteiger partial charge in [0.2, 0.25) is 5.91 Å². The third-order valence-electron chi connectivity index (χ3n) is 4.85. The Balaban J connectivity index is 1.68. The van der Waals surface area contributed by atoms with Crippen LogP contribution in [0.2, 0.25) is 5.02 Å². The molecule has 0 aliphatic carbocycles. The Kier molecular flexibility index (Phi) is 8.41. The minimum Gasteiger partial charge on any atom is -0.497 e. The van der Waals surface area contributed by atoms with E-state index in [9.17, 15) is 4.79 Å². The van der Waals surface area contributed by atoms with E-state index in [1.807, 2.05) is 37.5 Å². The van der Waals surface area contributed by atoms with E-state index < -0.39 is 0 Å². The van der Waals surface area contributed by atoms with Gasteiger partial charge in [-0.3, -0.25) is 9.36 Å². The molecule has 1 unspecified atom stereocenters. The lowest BCUT2D eigenvalue weighted by atomic mass is 10.1. The molecule has 1 heterocycles. The summed E-state index contributed by atoms with van der Waals surface area (Å²) in [5, 5.41) is 12.8. The molecule has 1 N–H and O–H groups in total. The lowest BCUT2D eigenvalue weighted by Crippen LogP contribution is -2.15. The third-order valence-corrected chi connectivity index (χ3v) is 6.41. The molecule has 0 saturated carbocycles. The van der Waals surface area contributed by atoms with Gasteiger partial charge in [-0.25, -0.2) is 0 Å². The highest BCUT2D eigenvalue weighted by atomic mass is 35.5. The molecule has 0 saturated heterocycles. The van der Waals surface area contributed by atoms with Crippen LogP contribution in [0.15, 0.2) is 54.2 Å². The number of ether oxygens (including phenoxy) is 2. The van der Waals surface area contributed by atoms with E-state index in [1.54, 1.807) is 37.5 Å². The Labute approximate surface area is 203 Å². The summed E-state index contributed by atoms with van der Waals surface area (Å²) in [7, 11) is 1.60. The molecular weight excluding hydrogens is 460 g/mol. The molecule has 0 fully saturated rings. The summed E-state index contributed by atoms with van der Waals surface area (Å²) < 4.78 is 13.2.